The van der Waals surface area contributed by atoms with E-state index < -0.39 is 0 Å². The Morgan fingerprint density at radius 1 is 1.48 bits per heavy atom. The summed E-state index contributed by atoms with van der Waals surface area (Å²) in [6.07, 6.45) is 1.37. The first-order chi connectivity index (χ1) is 10.0. The Hall–Kier alpha value is -2.68. The highest BCUT2D eigenvalue weighted by atomic mass is 16.1. The van der Waals surface area contributed by atoms with Gasteiger partial charge in [-0.1, -0.05) is 32.0 Å². The molecule has 0 saturated heterocycles. The highest BCUT2D eigenvalue weighted by Crippen LogP contribution is 2.27. The van der Waals surface area contributed by atoms with Gasteiger partial charge in [-0.05, 0) is 24.0 Å². The van der Waals surface area contributed by atoms with Gasteiger partial charge in [0.25, 0.3) is 0 Å². The molecule has 6 heteroatoms. The van der Waals surface area contributed by atoms with Gasteiger partial charge in [-0.3, -0.25) is 9.36 Å². The molecule has 1 aromatic heterocycles. The van der Waals surface area contributed by atoms with Crippen LogP contribution in [0.4, 0.5) is 5.69 Å². The van der Waals surface area contributed by atoms with Crippen LogP contribution in [-0.2, 0) is 11.3 Å². The second-order valence-corrected chi connectivity index (χ2v) is 5.14. The Morgan fingerprint density at radius 3 is 2.90 bits per heavy atom. The fourth-order valence-electron chi connectivity index (χ4n) is 2.13. The minimum Gasteiger partial charge on any atom is -0.324 e. The second-order valence-electron chi connectivity index (χ2n) is 5.14. The fourth-order valence-corrected chi connectivity index (χ4v) is 2.13. The van der Waals surface area contributed by atoms with Crippen LogP contribution in [0.2, 0.25) is 0 Å². The number of aromatic nitrogens is 3. The number of nitrogens with zero attached hydrogens (tertiary/aromatic N) is 4. The molecule has 1 amide bonds. The number of hydrogen-bond acceptors (Lipinski definition) is 4. The molecule has 0 aliphatic rings. The Bertz CT molecular complexity index is 696. The minimum absolute atomic E-state index is 0.0156. The number of nitriles is 1. The van der Waals surface area contributed by atoms with Crippen LogP contribution in [0, 0.1) is 18.3 Å². The second kappa shape index (κ2) is 6.18. The first-order valence-corrected chi connectivity index (χ1v) is 6.70. The average molecular weight is 283 g/mol. The largest absolute Gasteiger partial charge is 0.324 e. The summed E-state index contributed by atoms with van der Waals surface area (Å²) in [7, 11) is 0. The number of aryl methyl sites for hydroxylation is 1. The number of amides is 1. The Morgan fingerprint density at radius 2 is 2.24 bits per heavy atom. The van der Waals surface area contributed by atoms with Gasteiger partial charge < -0.3 is 5.32 Å². The van der Waals surface area contributed by atoms with Crippen molar-refractivity contribution in [1.29, 1.82) is 5.26 Å². The Labute approximate surface area is 123 Å². The van der Waals surface area contributed by atoms with Gasteiger partial charge in [-0.15, -0.1) is 10.2 Å². The highest BCUT2D eigenvalue weighted by Gasteiger charge is 2.13. The molecule has 0 unspecified atom stereocenters. The maximum atomic E-state index is 12.2. The van der Waals surface area contributed by atoms with E-state index in [4.69, 9.17) is 5.26 Å². The van der Waals surface area contributed by atoms with Crippen molar-refractivity contribution in [2.75, 3.05) is 5.32 Å². The molecule has 2 aromatic rings. The number of hydrogen-bond donors (Lipinski definition) is 1. The van der Waals surface area contributed by atoms with Gasteiger partial charge in [0.15, 0.2) is 0 Å². The summed E-state index contributed by atoms with van der Waals surface area (Å²) < 4.78 is 1.42. The van der Waals surface area contributed by atoms with E-state index in [0.29, 0.717) is 5.92 Å². The van der Waals surface area contributed by atoms with Gasteiger partial charge >= 0.3 is 0 Å². The molecule has 0 atom stereocenters. The first kappa shape index (κ1) is 14.7. The van der Waals surface area contributed by atoms with Crippen LogP contribution < -0.4 is 5.32 Å². The van der Waals surface area contributed by atoms with Gasteiger partial charge in [0, 0.05) is 5.69 Å². The maximum Gasteiger partial charge on any atom is 0.244 e. The third kappa shape index (κ3) is 3.26. The van der Waals surface area contributed by atoms with E-state index in [2.05, 4.69) is 29.4 Å². The zero-order valence-corrected chi connectivity index (χ0v) is 12.3. The van der Waals surface area contributed by atoms with Gasteiger partial charge in [-0.25, -0.2) is 0 Å². The van der Waals surface area contributed by atoms with E-state index in [-0.39, 0.29) is 18.3 Å². The smallest absolute Gasteiger partial charge is 0.244 e. The van der Waals surface area contributed by atoms with E-state index in [1.54, 1.807) is 0 Å². The van der Waals surface area contributed by atoms with Gasteiger partial charge in [-0.2, -0.15) is 5.26 Å². The summed E-state index contributed by atoms with van der Waals surface area (Å²) in [6.45, 7) is 6.14. The summed E-state index contributed by atoms with van der Waals surface area (Å²) in [5.41, 5.74) is 2.94. The van der Waals surface area contributed by atoms with Crippen LogP contribution in [-0.4, -0.2) is 20.7 Å². The SMILES string of the molecule is Cc1cccc(C(C)C)c1NC(=O)Cn1cnnc1C#N. The lowest BCUT2D eigenvalue weighted by molar-refractivity contribution is -0.116. The quantitative estimate of drug-likeness (QED) is 0.932. The molecular weight excluding hydrogens is 266 g/mol. The molecule has 0 bridgehead atoms. The van der Waals surface area contributed by atoms with E-state index in [9.17, 15) is 4.79 Å². The number of carbonyl (C=O) groups is 1. The van der Waals surface area contributed by atoms with E-state index >= 15 is 0 Å². The summed E-state index contributed by atoms with van der Waals surface area (Å²) in [5.74, 6) is 0.228. The Kier molecular flexibility index (Phi) is 4.33. The number of para-hydroxylation sites is 1. The lowest BCUT2D eigenvalue weighted by Gasteiger charge is -2.16. The molecule has 0 aliphatic heterocycles. The lowest BCUT2D eigenvalue weighted by atomic mass is 9.98. The molecule has 2 rings (SSSR count). The molecule has 21 heavy (non-hydrogen) atoms. The zero-order chi connectivity index (χ0) is 15.4. The number of benzene rings is 1. The van der Waals surface area contributed by atoms with Crippen molar-refractivity contribution in [3.05, 3.63) is 41.5 Å². The van der Waals surface area contributed by atoms with Crippen LogP contribution >= 0.6 is 0 Å². The zero-order valence-electron chi connectivity index (χ0n) is 12.3. The third-order valence-corrected chi connectivity index (χ3v) is 3.22. The monoisotopic (exact) mass is 283 g/mol. The van der Waals surface area contributed by atoms with Crippen molar-refractivity contribution in [2.24, 2.45) is 0 Å². The van der Waals surface area contributed by atoms with Crippen LogP contribution in [0.25, 0.3) is 0 Å². The summed E-state index contributed by atoms with van der Waals surface area (Å²) in [4.78, 5) is 12.2. The normalized spacial score (nSPS) is 10.4. The number of anilines is 1. The molecule has 1 N–H and O–H groups in total. The summed E-state index contributed by atoms with van der Waals surface area (Å²) in [6, 6.07) is 7.84. The topological polar surface area (TPSA) is 83.6 Å². The van der Waals surface area contributed by atoms with Gasteiger partial charge in [0.1, 0.15) is 18.9 Å². The number of nitrogens with one attached hydrogen (secondary N) is 1. The molecule has 1 heterocycles. The molecule has 108 valence electrons. The van der Waals surface area contributed by atoms with Crippen molar-refractivity contribution < 1.29 is 4.79 Å². The van der Waals surface area contributed by atoms with Crippen molar-refractivity contribution in [1.82, 2.24) is 14.8 Å². The molecule has 6 nitrogen and oxygen atoms in total. The predicted molar refractivity (Wildman–Crippen MR) is 78.6 cm³/mol. The van der Waals surface area contributed by atoms with Crippen LogP contribution in [0.3, 0.4) is 0 Å². The van der Waals surface area contributed by atoms with E-state index in [1.165, 1.54) is 10.9 Å². The van der Waals surface area contributed by atoms with Crippen LogP contribution in [0.5, 0.6) is 0 Å². The summed E-state index contributed by atoms with van der Waals surface area (Å²) >= 11 is 0. The predicted octanol–water partition coefficient (Wildman–Crippen LogP) is 2.22. The first-order valence-electron chi connectivity index (χ1n) is 6.70. The Balaban J connectivity index is 2.19. The van der Waals surface area contributed by atoms with Gasteiger partial charge in [0.05, 0.1) is 0 Å². The number of carbonyl (C=O) groups excluding carboxylic acids is 1. The third-order valence-electron chi connectivity index (χ3n) is 3.22. The van der Waals surface area contributed by atoms with Crippen LogP contribution in [0.15, 0.2) is 24.5 Å². The van der Waals surface area contributed by atoms with Crippen LogP contribution in [0.1, 0.15) is 36.7 Å². The van der Waals surface area contributed by atoms with E-state index in [0.717, 1.165) is 16.8 Å². The van der Waals surface area contributed by atoms with Crippen molar-refractivity contribution in [3.8, 4) is 6.07 Å². The van der Waals surface area contributed by atoms with E-state index in [1.807, 2.05) is 31.2 Å². The molecule has 0 radical (unpaired) electrons. The lowest BCUT2D eigenvalue weighted by Crippen LogP contribution is -2.20. The van der Waals surface area contributed by atoms with Crippen molar-refractivity contribution >= 4 is 11.6 Å². The fraction of sp³-hybridized carbons (Fsp3) is 0.333. The van der Waals surface area contributed by atoms with Crippen molar-refractivity contribution in [3.63, 3.8) is 0 Å². The molecule has 0 aliphatic carbocycles. The minimum atomic E-state index is -0.206. The molecule has 0 saturated carbocycles. The molecule has 0 spiro atoms. The molecule has 1 aromatic carbocycles. The van der Waals surface area contributed by atoms with Crippen molar-refractivity contribution in [2.45, 2.75) is 33.2 Å². The summed E-state index contributed by atoms with van der Waals surface area (Å²) in [5, 5.41) is 19.0. The highest BCUT2D eigenvalue weighted by molar-refractivity contribution is 5.92. The maximum absolute atomic E-state index is 12.2. The average Bonchev–Trinajstić information content (AvgIpc) is 2.87. The standard InChI is InChI=1S/C15H17N5O/c1-10(2)12-6-4-5-11(3)15(12)18-14(21)8-20-9-17-19-13(20)7-16/h4-6,9-10H,8H2,1-3H3,(H,18,21). The molecular formula is C15H17N5O. The number of rotatable bonds is 4. The van der Waals surface area contributed by atoms with Gasteiger partial charge in [0.2, 0.25) is 11.7 Å². The molecule has 0 fully saturated rings.